The van der Waals surface area contributed by atoms with Gasteiger partial charge in [0.25, 0.3) is 0 Å². The second-order valence-electron chi connectivity index (χ2n) is 6.65. The van der Waals surface area contributed by atoms with Crippen LogP contribution in [0.2, 0.25) is 0 Å². The van der Waals surface area contributed by atoms with E-state index in [4.69, 9.17) is 9.47 Å². The molecule has 0 bridgehead atoms. The third-order valence-electron chi connectivity index (χ3n) is 3.22. The van der Waals surface area contributed by atoms with Crippen molar-refractivity contribution in [1.29, 1.82) is 0 Å². The molecule has 5 nitrogen and oxygen atoms in total. The monoisotopic (exact) mass is 286 g/mol. The SMILES string of the molecule is CCNC(CN1CC(C)(C)OC(C)(C)C1)C(=O)OCC. The highest BCUT2D eigenvalue weighted by molar-refractivity contribution is 5.76. The molecule has 0 amide bonds. The number of morpholine rings is 1. The van der Waals surface area contributed by atoms with E-state index in [1.165, 1.54) is 0 Å². The van der Waals surface area contributed by atoms with Gasteiger partial charge in [-0.15, -0.1) is 0 Å². The first kappa shape index (κ1) is 17.4. The number of carbonyl (C=O) groups is 1. The molecule has 1 N–H and O–H groups in total. The first-order chi connectivity index (χ1) is 9.19. The maximum atomic E-state index is 12.0. The Hall–Kier alpha value is -0.650. The van der Waals surface area contributed by atoms with Gasteiger partial charge in [-0.1, -0.05) is 6.92 Å². The Morgan fingerprint density at radius 3 is 2.25 bits per heavy atom. The molecule has 1 rings (SSSR count). The standard InChI is InChI=1S/C15H30N2O3/c1-7-16-12(13(18)19-8-2)9-17-10-14(3,4)20-15(5,6)11-17/h12,16H,7-11H2,1-6H3. The Bertz CT molecular complexity index is 313. The van der Waals surface area contributed by atoms with Gasteiger partial charge >= 0.3 is 5.97 Å². The fourth-order valence-electron chi connectivity index (χ4n) is 3.04. The molecular formula is C15H30N2O3. The number of hydrogen-bond donors (Lipinski definition) is 1. The minimum Gasteiger partial charge on any atom is -0.465 e. The third kappa shape index (κ3) is 5.38. The van der Waals surface area contributed by atoms with E-state index < -0.39 is 0 Å². The maximum absolute atomic E-state index is 12.0. The average Bonchev–Trinajstić information content (AvgIpc) is 2.24. The van der Waals surface area contributed by atoms with Crippen molar-refractivity contribution in [3.63, 3.8) is 0 Å². The molecule has 0 aromatic carbocycles. The highest BCUT2D eigenvalue weighted by Crippen LogP contribution is 2.28. The van der Waals surface area contributed by atoms with Crippen molar-refractivity contribution in [2.75, 3.05) is 32.8 Å². The molecule has 1 unspecified atom stereocenters. The summed E-state index contributed by atoms with van der Waals surface area (Å²) in [6, 6.07) is -0.273. The van der Waals surface area contributed by atoms with E-state index in [0.717, 1.165) is 19.6 Å². The van der Waals surface area contributed by atoms with Gasteiger partial charge in [-0.25, -0.2) is 0 Å². The van der Waals surface area contributed by atoms with Crippen LogP contribution in [0.25, 0.3) is 0 Å². The van der Waals surface area contributed by atoms with Crippen molar-refractivity contribution in [3.8, 4) is 0 Å². The van der Waals surface area contributed by atoms with Gasteiger partial charge in [-0.2, -0.15) is 0 Å². The van der Waals surface area contributed by atoms with Gasteiger partial charge in [-0.3, -0.25) is 9.69 Å². The minimum absolute atomic E-state index is 0.170. The van der Waals surface area contributed by atoms with Crippen LogP contribution < -0.4 is 5.32 Å². The normalized spacial score (nSPS) is 23.3. The number of nitrogens with one attached hydrogen (secondary N) is 1. The van der Waals surface area contributed by atoms with Crippen molar-refractivity contribution in [2.45, 2.75) is 58.8 Å². The summed E-state index contributed by atoms with van der Waals surface area (Å²) in [5, 5.41) is 3.21. The van der Waals surface area contributed by atoms with Gasteiger partial charge in [0.2, 0.25) is 0 Å². The summed E-state index contributed by atoms with van der Waals surface area (Å²) in [4.78, 5) is 14.3. The fraction of sp³-hybridized carbons (Fsp3) is 0.933. The molecule has 0 aromatic heterocycles. The number of likely N-dealkylation sites (N-methyl/N-ethyl adjacent to an activating group) is 1. The maximum Gasteiger partial charge on any atom is 0.324 e. The smallest absolute Gasteiger partial charge is 0.324 e. The summed E-state index contributed by atoms with van der Waals surface area (Å²) in [5.74, 6) is -0.170. The topological polar surface area (TPSA) is 50.8 Å². The van der Waals surface area contributed by atoms with Crippen molar-refractivity contribution in [3.05, 3.63) is 0 Å². The molecule has 1 fully saturated rings. The molecule has 0 aromatic rings. The lowest BCUT2D eigenvalue weighted by Crippen LogP contribution is -2.60. The Morgan fingerprint density at radius 1 is 1.25 bits per heavy atom. The summed E-state index contributed by atoms with van der Waals surface area (Å²) in [6.45, 7) is 15.7. The molecule has 1 aliphatic rings. The molecule has 0 saturated carbocycles. The van der Waals surface area contributed by atoms with Crippen LogP contribution >= 0.6 is 0 Å². The molecule has 20 heavy (non-hydrogen) atoms. The Morgan fingerprint density at radius 2 is 1.80 bits per heavy atom. The third-order valence-corrected chi connectivity index (χ3v) is 3.22. The Kier molecular flexibility index (Phi) is 5.98. The van der Waals surface area contributed by atoms with Gasteiger partial charge in [0, 0.05) is 19.6 Å². The minimum atomic E-state index is -0.273. The van der Waals surface area contributed by atoms with Crippen LogP contribution in [-0.4, -0.2) is 60.9 Å². The molecule has 1 atom stereocenters. The van der Waals surface area contributed by atoms with Crippen LogP contribution in [0.5, 0.6) is 0 Å². The van der Waals surface area contributed by atoms with Crippen LogP contribution in [-0.2, 0) is 14.3 Å². The fourth-order valence-corrected chi connectivity index (χ4v) is 3.04. The Balaban J connectivity index is 2.69. The summed E-state index contributed by atoms with van der Waals surface area (Å²) in [6.07, 6.45) is 0. The highest BCUT2D eigenvalue weighted by Gasteiger charge is 2.39. The van der Waals surface area contributed by atoms with Gasteiger partial charge < -0.3 is 14.8 Å². The van der Waals surface area contributed by atoms with Crippen molar-refractivity contribution < 1.29 is 14.3 Å². The second-order valence-corrected chi connectivity index (χ2v) is 6.65. The molecule has 0 aliphatic carbocycles. The molecule has 1 saturated heterocycles. The molecule has 1 aliphatic heterocycles. The highest BCUT2D eigenvalue weighted by atomic mass is 16.5. The van der Waals surface area contributed by atoms with Crippen LogP contribution in [0.1, 0.15) is 41.5 Å². The van der Waals surface area contributed by atoms with Crippen LogP contribution in [0.4, 0.5) is 0 Å². The predicted molar refractivity (Wildman–Crippen MR) is 79.8 cm³/mol. The molecule has 0 spiro atoms. The Labute approximate surface area is 123 Å². The molecule has 118 valence electrons. The van der Waals surface area contributed by atoms with E-state index in [2.05, 4.69) is 37.9 Å². The van der Waals surface area contributed by atoms with E-state index >= 15 is 0 Å². The zero-order valence-electron chi connectivity index (χ0n) is 13.8. The number of nitrogens with zero attached hydrogens (tertiary/aromatic N) is 1. The van der Waals surface area contributed by atoms with E-state index in [1.807, 2.05) is 13.8 Å². The summed E-state index contributed by atoms with van der Waals surface area (Å²) < 4.78 is 11.2. The zero-order valence-corrected chi connectivity index (χ0v) is 13.8. The first-order valence-electron chi connectivity index (χ1n) is 7.51. The molecule has 1 heterocycles. The van der Waals surface area contributed by atoms with Crippen molar-refractivity contribution in [1.82, 2.24) is 10.2 Å². The van der Waals surface area contributed by atoms with E-state index in [9.17, 15) is 4.79 Å². The van der Waals surface area contributed by atoms with Gasteiger partial charge in [0.05, 0.1) is 17.8 Å². The lowest BCUT2D eigenvalue weighted by Gasteiger charge is -2.47. The number of rotatable bonds is 6. The summed E-state index contributed by atoms with van der Waals surface area (Å²) >= 11 is 0. The van der Waals surface area contributed by atoms with Crippen LogP contribution in [0.15, 0.2) is 0 Å². The van der Waals surface area contributed by atoms with Crippen LogP contribution in [0.3, 0.4) is 0 Å². The van der Waals surface area contributed by atoms with Crippen molar-refractivity contribution >= 4 is 5.97 Å². The lowest BCUT2D eigenvalue weighted by atomic mass is 9.98. The zero-order chi connectivity index (χ0) is 15.4. The van der Waals surface area contributed by atoms with Gasteiger partial charge in [0.15, 0.2) is 0 Å². The van der Waals surface area contributed by atoms with Crippen molar-refractivity contribution in [2.24, 2.45) is 0 Å². The van der Waals surface area contributed by atoms with E-state index in [1.54, 1.807) is 0 Å². The van der Waals surface area contributed by atoms with E-state index in [-0.39, 0.29) is 23.2 Å². The number of hydrogen-bond acceptors (Lipinski definition) is 5. The predicted octanol–water partition coefficient (Wildman–Crippen LogP) is 1.42. The molecule has 0 radical (unpaired) electrons. The van der Waals surface area contributed by atoms with Crippen LogP contribution in [0, 0.1) is 0 Å². The van der Waals surface area contributed by atoms with E-state index in [0.29, 0.717) is 13.2 Å². The van der Waals surface area contributed by atoms with Gasteiger partial charge in [0.1, 0.15) is 6.04 Å². The molecule has 5 heteroatoms. The molecular weight excluding hydrogens is 256 g/mol. The average molecular weight is 286 g/mol. The van der Waals surface area contributed by atoms with Gasteiger partial charge in [-0.05, 0) is 41.2 Å². The quantitative estimate of drug-likeness (QED) is 0.748. The summed E-state index contributed by atoms with van der Waals surface area (Å²) in [7, 11) is 0. The number of carbonyl (C=O) groups excluding carboxylic acids is 1. The lowest BCUT2D eigenvalue weighted by molar-refractivity contribution is -0.183. The largest absolute Gasteiger partial charge is 0.465 e. The first-order valence-corrected chi connectivity index (χ1v) is 7.51. The number of esters is 1. The number of ether oxygens (including phenoxy) is 2. The summed E-state index contributed by atoms with van der Waals surface area (Å²) in [5.41, 5.74) is -0.402. The second kappa shape index (κ2) is 6.87.